The zero-order valence-electron chi connectivity index (χ0n) is 7.85. The number of hydrogen-bond acceptors (Lipinski definition) is 0. The van der Waals surface area contributed by atoms with E-state index in [9.17, 15) is 0 Å². The summed E-state index contributed by atoms with van der Waals surface area (Å²) in [5, 5.41) is 0. The SMILES string of the molecule is CCC1(C)C(C)C2CC13CC23. The second-order valence-corrected chi connectivity index (χ2v) is 5.39. The van der Waals surface area contributed by atoms with Crippen LogP contribution in [0.15, 0.2) is 0 Å². The molecular weight excluding hydrogens is 132 g/mol. The van der Waals surface area contributed by atoms with Crippen LogP contribution < -0.4 is 0 Å². The Labute approximate surface area is 69.4 Å². The maximum atomic E-state index is 2.55. The molecule has 0 aromatic heterocycles. The molecule has 0 N–H and O–H groups in total. The Morgan fingerprint density at radius 2 is 2.09 bits per heavy atom. The summed E-state index contributed by atoms with van der Waals surface area (Å²) in [5.74, 6) is 3.36. The van der Waals surface area contributed by atoms with Crippen LogP contribution in [0.1, 0.15) is 40.0 Å². The van der Waals surface area contributed by atoms with Crippen molar-refractivity contribution < 1.29 is 0 Å². The second-order valence-electron chi connectivity index (χ2n) is 5.39. The Kier molecular flexibility index (Phi) is 0.832. The normalized spacial score (nSPS) is 70.6. The molecule has 0 nitrogen and oxygen atoms in total. The number of hydrogen-bond donors (Lipinski definition) is 0. The molecule has 2 bridgehead atoms. The monoisotopic (exact) mass is 150 g/mol. The Bertz CT molecular complexity index is 220. The molecule has 0 aromatic carbocycles. The Balaban J connectivity index is 2.05. The number of fused-ring (bicyclic) bond motifs is 1. The zero-order valence-corrected chi connectivity index (χ0v) is 7.85. The van der Waals surface area contributed by atoms with E-state index in [1.54, 1.807) is 12.8 Å². The predicted octanol–water partition coefficient (Wildman–Crippen LogP) is 3.08. The van der Waals surface area contributed by atoms with Gasteiger partial charge in [0.05, 0.1) is 0 Å². The van der Waals surface area contributed by atoms with Crippen molar-refractivity contribution >= 4 is 0 Å². The molecule has 0 aliphatic heterocycles. The molecule has 62 valence electrons. The minimum Gasteiger partial charge on any atom is -0.0648 e. The third-order valence-corrected chi connectivity index (χ3v) is 5.77. The van der Waals surface area contributed by atoms with Crippen molar-refractivity contribution in [1.82, 2.24) is 0 Å². The highest BCUT2D eigenvalue weighted by molar-refractivity contribution is 5.30. The Morgan fingerprint density at radius 3 is 2.36 bits per heavy atom. The van der Waals surface area contributed by atoms with Gasteiger partial charge in [-0.05, 0) is 47.8 Å². The van der Waals surface area contributed by atoms with E-state index in [1.165, 1.54) is 12.3 Å². The maximum Gasteiger partial charge on any atom is -0.0204 e. The van der Waals surface area contributed by atoms with Crippen LogP contribution in [0.2, 0.25) is 0 Å². The molecule has 4 saturated carbocycles. The van der Waals surface area contributed by atoms with E-state index in [4.69, 9.17) is 0 Å². The molecule has 4 aliphatic carbocycles. The first kappa shape index (κ1) is 6.51. The summed E-state index contributed by atoms with van der Waals surface area (Å²) in [5.41, 5.74) is 1.62. The van der Waals surface area contributed by atoms with Gasteiger partial charge in [-0.3, -0.25) is 0 Å². The molecule has 0 radical (unpaired) electrons. The minimum atomic E-state index is 0.738. The lowest BCUT2D eigenvalue weighted by Crippen LogP contribution is -2.26. The van der Waals surface area contributed by atoms with Gasteiger partial charge in [0, 0.05) is 0 Å². The van der Waals surface area contributed by atoms with Gasteiger partial charge in [0.15, 0.2) is 0 Å². The van der Waals surface area contributed by atoms with E-state index in [1.807, 2.05) is 0 Å². The lowest BCUT2D eigenvalue weighted by atomic mass is 9.71. The standard InChI is InChI=1S/C11H18/c1-4-10(3)7(2)8-5-11(10)6-9(8)11/h7-9H,4-6H2,1-3H3. The van der Waals surface area contributed by atoms with Crippen LogP contribution >= 0.6 is 0 Å². The summed E-state index contributed by atoms with van der Waals surface area (Å²) in [6, 6.07) is 0. The van der Waals surface area contributed by atoms with E-state index in [0.717, 1.165) is 22.7 Å². The fourth-order valence-electron chi connectivity index (χ4n) is 4.55. The molecule has 0 heteroatoms. The third kappa shape index (κ3) is 0.400. The molecule has 4 aliphatic rings. The largest absolute Gasteiger partial charge is 0.0648 e. The quantitative estimate of drug-likeness (QED) is 0.539. The lowest BCUT2D eigenvalue weighted by molar-refractivity contribution is 0.151. The molecule has 0 saturated heterocycles. The Hall–Kier alpha value is 0. The van der Waals surface area contributed by atoms with Gasteiger partial charge in [-0.2, -0.15) is 0 Å². The first-order valence-electron chi connectivity index (χ1n) is 5.16. The van der Waals surface area contributed by atoms with Crippen molar-refractivity contribution in [3.63, 3.8) is 0 Å². The van der Waals surface area contributed by atoms with Crippen LogP contribution in [0.4, 0.5) is 0 Å². The molecule has 4 fully saturated rings. The lowest BCUT2D eigenvalue weighted by Gasteiger charge is -2.33. The minimum absolute atomic E-state index is 0.738. The molecule has 4 rings (SSSR count). The van der Waals surface area contributed by atoms with Crippen LogP contribution in [0.5, 0.6) is 0 Å². The topological polar surface area (TPSA) is 0 Å². The van der Waals surface area contributed by atoms with Crippen molar-refractivity contribution in [3.05, 3.63) is 0 Å². The van der Waals surface area contributed by atoms with Gasteiger partial charge in [-0.1, -0.05) is 20.8 Å². The molecular formula is C11H18. The van der Waals surface area contributed by atoms with E-state index in [0.29, 0.717) is 0 Å². The molecule has 5 atom stereocenters. The summed E-state index contributed by atoms with van der Waals surface area (Å²) in [7, 11) is 0. The number of rotatable bonds is 1. The first-order valence-corrected chi connectivity index (χ1v) is 5.16. The van der Waals surface area contributed by atoms with Gasteiger partial charge in [-0.25, -0.2) is 0 Å². The smallest absolute Gasteiger partial charge is 0.0204 e. The maximum absolute atomic E-state index is 2.55. The highest BCUT2D eigenvalue weighted by Gasteiger charge is 2.81. The van der Waals surface area contributed by atoms with Crippen molar-refractivity contribution in [2.45, 2.75) is 40.0 Å². The van der Waals surface area contributed by atoms with Crippen molar-refractivity contribution in [2.24, 2.45) is 28.6 Å². The molecule has 0 aromatic rings. The summed E-state index contributed by atoms with van der Waals surface area (Å²) < 4.78 is 0. The average Bonchev–Trinajstić information content (AvgIpc) is 2.43. The van der Waals surface area contributed by atoms with Crippen LogP contribution in [-0.2, 0) is 0 Å². The highest BCUT2D eigenvalue weighted by Crippen LogP contribution is 2.88. The van der Waals surface area contributed by atoms with Gasteiger partial charge in [0.2, 0.25) is 0 Å². The fourth-order valence-corrected chi connectivity index (χ4v) is 4.55. The van der Waals surface area contributed by atoms with E-state index >= 15 is 0 Å². The summed E-state index contributed by atoms with van der Waals surface area (Å²) in [6.45, 7) is 7.43. The van der Waals surface area contributed by atoms with Gasteiger partial charge in [-0.15, -0.1) is 0 Å². The van der Waals surface area contributed by atoms with Crippen LogP contribution in [0.3, 0.4) is 0 Å². The van der Waals surface area contributed by atoms with Crippen LogP contribution in [-0.4, -0.2) is 0 Å². The third-order valence-electron chi connectivity index (χ3n) is 5.77. The summed E-state index contributed by atoms with van der Waals surface area (Å²) in [4.78, 5) is 0. The van der Waals surface area contributed by atoms with Crippen LogP contribution in [0.25, 0.3) is 0 Å². The van der Waals surface area contributed by atoms with Gasteiger partial charge >= 0.3 is 0 Å². The van der Waals surface area contributed by atoms with Crippen molar-refractivity contribution in [2.75, 3.05) is 0 Å². The second kappa shape index (κ2) is 1.41. The van der Waals surface area contributed by atoms with E-state index in [-0.39, 0.29) is 0 Å². The van der Waals surface area contributed by atoms with Crippen molar-refractivity contribution in [1.29, 1.82) is 0 Å². The average molecular weight is 150 g/mol. The molecule has 11 heavy (non-hydrogen) atoms. The molecule has 0 amide bonds. The zero-order chi connectivity index (χ0) is 7.85. The van der Waals surface area contributed by atoms with E-state index < -0.39 is 0 Å². The van der Waals surface area contributed by atoms with Crippen LogP contribution in [0, 0.1) is 28.6 Å². The molecule has 1 spiro atoms. The van der Waals surface area contributed by atoms with E-state index in [2.05, 4.69) is 20.8 Å². The molecule has 0 heterocycles. The predicted molar refractivity (Wildman–Crippen MR) is 46.2 cm³/mol. The van der Waals surface area contributed by atoms with Gasteiger partial charge in [0.1, 0.15) is 0 Å². The van der Waals surface area contributed by atoms with Gasteiger partial charge in [0.25, 0.3) is 0 Å². The van der Waals surface area contributed by atoms with Gasteiger partial charge < -0.3 is 0 Å². The first-order chi connectivity index (χ1) is 5.16. The summed E-state index contributed by atoms with van der Waals surface area (Å²) >= 11 is 0. The summed E-state index contributed by atoms with van der Waals surface area (Å²) in [6.07, 6.45) is 4.59. The van der Waals surface area contributed by atoms with Crippen molar-refractivity contribution in [3.8, 4) is 0 Å². The molecule has 5 unspecified atom stereocenters. The Morgan fingerprint density at radius 1 is 1.36 bits per heavy atom. The fraction of sp³-hybridized carbons (Fsp3) is 1.00. The highest BCUT2D eigenvalue weighted by atomic mass is 14.9.